The Bertz CT molecular complexity index is 969. The fourth-order valence-corrected chi connectivity index (χ4v) is 2.73. The van der Waals surface area contributed by atoms with E-state index in [0.29, 0.717) is 16.5 Å². The molecule has 1 amide bonds. The molecule has 0 heterocycles. The molecule has 6 nitrogen and oxygen atoms in total. The monoisotopic (exact) mass is 461 g/mol. The largest absolute Gasteiger partial charge is 0.492 e. The first-order valence-electron chi connectivity index (χ1n) is 9.00. The Balaban J connectivity index is 2.12. The minimum Gasteiger partial charge on any atom is -0.492 e. The van der Waals surface area contributed by atoms with Crippen molar-refractivity contribution < 1.29 is 41.0 Å². The number of halogens is 6. The molecule has 0 aliphatic rings. The Morgan fingerprint density at radius 3 is 2.28 bits per heavy atom. The zero-order valence-corrected chi connectivity index (χ0v) is 16.3. The third-order valence-corrected chi connectivity index (χ3v) is 4.16. The number of rotatable bonds is 8. The van der Waals surface area contributed by atoms with E-state index in [1.165, 1.54) is 18.2 Å². The van der Waals surface area contributed by atoms with Crippen LogP contribution in [0.2, 0.25) is 0 Å². The summed E-state index contributed by atoms with van der Waals surface area (Å²) in [6, 6.07) is 9.80. The first kappa shape index (κ1) is 24.6. The van der Waals surface area contributed by atoms with Crippen molar-refractivity contribution in [3.8, 4) is 11.8 Å². The molecule has 0 aromatic heterocycles. The van der Waals surface area contributed by atoms with Gasteiger partial charge in [-0.1, -0.05) is 12.1 Å². The van der Waals surface area contributed by atoms with Gasteiger partial charge >= 0.3 is 18.4 Å². The normalized spacial score (nSPS) is 11.5. The van der Waals surface area contributed by atoms with Crippen LogP contribution in [-0.2, 0) is 12.7 Å². The summed E-state index contributed by atoms with van der Waals surface area (Å²) in [6.45, 7) is -2.12. The predicted molar refractivity (Wildman–Crippen MR) is 101 cm³/mol. The molecule has 12 heteroatoms. The molecule has 0 bridgehead atoms. The van der Waals surface area contributed by atoms with E-state index in [-0.39, 0.29) is 31.1 Å². The van der Waals surface area contributed by atoms with Gasteiger partial charge in [-0.25, -0.2) is 4.79 Å². The number of nitrogens with one attached hydrogen (secondary N) is 1. The van der Waals surface area contributed by atoms with E-state index in [0.717, 1.165) is 12.1 Å². The zero-order valence-electron chi connectivity index (χ0n) is 16.3. The molecular formula is C20H17F6N3O3. The number of anilines is 1. The van der Waals surface area contributed by atoms with Crippen LogP contribution in [0.25, 0.3) is 0 Å². The SMILES string of the molecule is N#Cc1ccc(N(CCOc2ccc(CNC(=O)O)cc2)CC(F)(F)F)cc1C(F)(F)F. The van der Waals surface area contributed by atoms with Gasteiger partial charge in [-0.05, 0) is 35.9 Å². The van der Waals surface area contributed by atoms with E-state index in [4.69, 9.17) is 15.1 Å². The summed E-state index contributed by atoms with van der Waals surface area (Å²) in [5.74, 6) is 0.284. The lowest BCUT2D eigenvalue weighted by molar-refractivity contribution is -0.137. The maximum Gasteiger partial charge on any atom is 0.417 e. The Morgan fingerprint density at radius 2 is 1.75 bits per heavy atom. The highest BCUT2D eigenvalue weighted by Crippen LogP contribution is 2.35. The van der Waals surface area contributed by atoms with Crippen molar-refractivity contribution in [3.05, 3.63) is 59.2 Å². The molecule has 0 saturated carbocycles. The van der Waals surface area contributed by atoms with Crippen LogP contribution in [-0.4, -0.2) is 37.1 Å². The van der Waals surface area contributed by atoms with Crippen LogP contribution in [0.1, 0.15) is 16.7 Å². The molecule has 0 aliphatic heterocycles. The number of hydrogen-bond donors (Lipinski definition) is 2. The van der Waals surface area contributed by atoms with Gasteiger partial charge in [0.2, 0.25) is 0 Å². The number of nitriles is 1. The second-order valence-corrected chi connectivity index (χ2v) is 6.53. The van der Waals surface area contributed by atoms with Gasteiger partial charge in [0.1, 0.15) is 18.9 Å². The van der Waals surface area contributed by atoms with Crippen LogP contribution in [0, 0.1) is 11.3 Å². The van der Waals surface area contributed by atoms with Crippen LogP contribution in [0.3, 0.4) is 0 Å². The molecule has 0 radical (unpaired) electrons. The third kappa shape index (κ3) is 7.57. The number of nitrogens with zero attached hydrogens (tertiary/aromatic N) is 2. The summed E-state index contributed by atoms with van der Waals surface area (Å²) in [6.07, 6.45) is -10.8. The molecule has 0 aliphatic carbocycles. The lowest BCUT2D eigenvalue weighted by atomic mass is 10.1. The summed E-state index contributed by atoms with van der Waals surface area (Å²) < 4.78 is 83.9. The number of ether oxygens (including phenoxy) is 1. The topological polar surface area (TPSA) is 85.6 Å². The van der Waals surface area contributed by atoms with E-state index in [9.17, 15) is 31.1 Å². The van der Waals surface area contributed by atoms with E-state index < -0.39 is 36.1 Å². The van der Waals surface area contributed by atoms with Crippen LogP contribution >= 0.6 is 0 Å². The third-order valence-electron chi connectivity index (χ3n) is 4.16. The Hall–Kier alpha value is -3.62. The van der Waals surface area contributed by atoms with Gasteiger partial charge < -0.3 is 20.1 Å². The van der Waals surface area contributed by atoms with Gasteiger partial charge in [-0.3, -0.25) is 0 Å². The number of hydrogen-bond acceptors (Lipinski definition) is 4. The minimum absolute atomic E-state index is 0.0508. The van der Waals surface area contributed by atoms with Crippen molar-refractivity contribution in [2.24, 2.45) is 0 Å². The Kier molecular flexibility index (Phi) is 7.80. The van der Waals surface area contributed by atoms with Gasteiger partial charge in [0, 0.05) is 12.2 Å². The van der Waals surface area contributed by atoms with Crippen molar-refractivity contribution in [2.75, 3.05) is 24.6 Å². The molecular weight excluding hydrogens is 444 g/mol. The van der Waals surface area contributed by atoms with Crippen molar-refractivity contribution >= 4 is 11.8 Å². The first-order valence-corrected chi connectivity index (χ1v) is 9.00. The van der Waals surface area contributed by atoms with Crippen molar-refractivity contribution in [1.82, 2.24) is 5.32 Å². The smallest absolute Gasteiger partial charge is 0.417 e. The lowest BCUT2D eigenvalue weighted by Crippen LogP contribution is -2.37. The maximum atomic E-state index is 13.2. The van der Waals surface area contributed by atoms with E-state index in [1.807, 2.05) is 0 Å². The fourth-order valence-electron chi connectivity index (χ4n) is 2.73. The second-order valence-electron chi connectivity index (χ2n) is 6.53. The summed E-state index contributed by atoms with van der Waals surface area (Å²) in [4.78, 5) is 11.2. The predicted octanol–water partition coefficient (Wildman–Crippen LogP) is 4.79. The Labute approximate surface area is 178 Å². The molecule has 2 rings (SSSR count). The number of carboxylic acid groups (broad SMARTS) is 1. The van der Waals surface area contributed by atoms with Gasteiger partial charge in [0.25, 0.3) is 0 Å². The number of benzene rings is 2. The van der Waals surface area contributed by atoms with Crippen molar-refractivity contribution in [2.45, 2.75) is 18.9 Å². The van der Waals surface area contributed by atoms with Gasteiger partial charge in [-0.2, -0.15) is 31.6 Å². The highest BCUT2D eigenvalue weighted by molar-refractivity contribution is 5.64. The minimum atomic E-state index is -4.90. The van der Waals surface area contributed by atoms with Gasteiger partial charge in [0.15, 0.2) is 0 Å². The summed E-state index contributed by atoms with van der Waals surface area (Å²) >= 11 is 0. The molecule has 172 valence electrons. The number of amides is 1. The molecule has 0 spiro atoms. The van der Waals surface area contributed by atoms with Crippen LogP contribution in [0.15, 0.2) is 42.5 Å². The zero-order chi connectivity index (χ0) is 23.9. The number of carbonyl (C=O) groups is 1. The van der Waals surface area contributed by atoms with Crippen molar-refractivity contribution in [3.63, 3.8) is 0 Å². The van der Waals surface area contributed by atoms with Crippen LogP contribution in [0.4, 0.5) is 36.8 Å². The summed E-state index contributed by atoms with van der Waals surface area (Å²) in [7, 11) is 0. The molecule has 0 atom stereocenters. The van der Waals surface area contributed by atoms with Gasteiger partial charge in [0.05, 0.1) is 23.7 Å². The van der Waals surface area contributed by atoms with E-state index in [1.54, 1.807) is 12.1 Å². The Morgan fingerprint density at radius 1 is 1.09 bits per heavy atom. The highest BCUT2D eigenvalue weighted by Gasteiger charge is 2.36. The number of alkyl halides is 6. The molecule has 0 saturated heterocycles. The lowest BCUT2D eigenvalue weighted by Gasteiger charge is -2.27. The second kappa shape index (κ2) is 10.1. The molecule has 2 aromatic rings. The first-order chi connectivity index (χ1) is 14.9. The fraction of sp³-hybridized carbons (Fsp3) is 0.300. The van der Waals surface area contributed by atoms with E-state index in [2.05, 4.69) is 5.32 Å². The average Bonchev–Trinajstić information content (AvgIpc) is 2.70. The van der Waals surface area contributed by atoms with Crippen LogP contribution in [0.5, 0.6) is 5.75 Å². The quantitative estimate of drug-likeness (QED) is 0.552. The highest BCUT2D eigenvalue weighted by atomic mass is 19.4. The summed E-state index contributed by atoms with van der Waals surface area (Å²) in [5.41, 5.74) is -1.75. The van der Waals surface area contributed by atoms with E-state index >= 15 is 0 Å². The van der Waals surface area contributed by atoms with Crippen LogP contribution < -0.4 is 15.0 Å². The molecule has 0 unspecified atom stereocenters. The average molecular weight is 461 g/mol. The summed E-state index contributed by atoms with van der Waals surface area (Å²) in [5, 5.41) is 19.6. The van der Waals surface area contributed by atoms with Crippen molar-refractivity contribution in [1.29, 1.82) is 5.26 Å². The molecule has 2 N–H and O–H groups in total. The molecule has 2 aromatic carbocycles. The van der Waals surface area contributed by atoms with Gasteiger partial charge in [-0.15, -0.1) is 0 Å². The standard InChI is InChI=1S/C20H17F6N3O3/c21-19(22,23)12-29(15-4-3-14(10-27)17(9-15)20(24,25)26)7-8-32-16-5-1-13(2-6-16)11-28-18(30)31/h1-6,9,28H,7-8,11-12H2,(H,30,31). The molecule has 0 fully saturated rings. The maximum absolute atomic E-state index is 13.2. The molecule has 32 heavy (non-hydrogen) atoms.